The summed E-state index contributed by atoms with van der Waals surface area (Å²) in [6.45, 7) is 4.55. The van der Waals surface area contributed by atoms with Gasteiger partial charge < -0.3 is 9.73 Å². The Kier molecular flexibility index (Phi) is 5.21. The van der Waals surface area contributed by atoms with Crippen LogP contribution in [0.3, 0.4) is 0 Å². The maximum Gasteiger partial charge on any atom is 0.244 e. The molecule has 7 heteroatoms. The Morgan fingerprint density at radius 1 is 1.24 bits per heavy atom. The molecule has 0 bridgehead atoms. The fourth-order valence-corrected chi connectivity index (χ4v) is 4.20. The second-order valence-corrected chi connectivity index (χ2v) is 7.70. The molecule has 0 saturated carbocycles. The van der Waals surface area contributed by atoms with Crippen molar-refractivity contribution in [1.82, 2.24) is 10.0 Å². The molecule has 116 valence electrons. The molecule has 2 aromatic heterocycles. The highest BCUT2D eigenvalue weighted by Gasteiger charge is 2.21. The van der Waals surface area contributed by atoms with E-state index in [4.69, 9.17) is 4.42 Å². The van der Waals surface area contributed by atoms with Crippen molar-refractivity contribution < 1.29 is 12.8 Å². The second kappa shape index (κ2) is 6.74. The monoisotopic (exact) mass is 328 g/mol. The van der Waals surface area contributed by atoms with Crippen LogP contribution in [0, 0.1) is 6.92 Å². The molecular weight excluding hydrogens is 308 g/mol. The lowest BCUT2D eigenvalue weighted by atomic mass is 10.4. The van der Waals surface area contributed by atoms with Crippen molar-refractivity contribution >= 4 is 21.4 Å². The van der Waals surface area contributed by atoms with E-state index in [2.05, 4.69) is 17.0 Å². The van der Waals surface area contributed by atoms with Crippen molar-refractivity contribution in [3.05, 3.63) is 39.5 Å². The summed E-state index contributed by atoms with van der Waals surface area (Å²) in [6.07, 6.45) is 0.964. The Balaban J connectivity index is 2.10. The van der Waals surface area contributed by atoms with Crippen molar-refractivity contribution in [1.29, 1.82) is 0 Å². The van der Waals surface area contributed by atoms with E-state index in [-0.39, 0.29) is 4.90 Å². The third-order valence-electron chi connectivity index (χ3n) is 3.07. The molecule has 0 unspecified atom stereocenters. The number of furan rings is 1. The number of rotatable bonds is 7. The Morgan fingerprint density at radius 2 is 1.95 bits per heavy atom. The topological polar surface area (TPSA) is 71.3 Å². The average molecular weight is 328 g/mol. The lowest BCUT2D eigenvalue weighted by Gasteiger charge is -2.03. The summed E-state index contributed by atoms with van der Waals surface area (Å²) in [6, 6.07) is 5.56. The van der Waals surface area contributed by atoms with Crippen LogP contribution in [0.2, 0.25) is 0 Å². The number of aryl methyl sites for hydroxylation is 2. The molecule has 0 fully saturated rings. The molecule has 5 nitrogen and oxygen atoms in total. The first-order chi connectivity index (χ1) is 9.96. The van der Waals surface area contributed by atoms with Crippen molar-refractivity contribution in [3.8, 4) is 0 Å². The number of hydrogen-bond donors (Lipinski definition) is 2. The first-order valence-electron chi connectivity index (χ1n) is 6.77. The number of hydrogen-bond acceptors (Lipinski definition) is 5. The highest BCUT2D eigenvalue weighted by atomic mass is 32.2. The van der Waals surface area contributed by atoms with Crippen LogP contribution in [-0.2, 0) is 29.5 Å². The summed E-state index contributed by atoms with van der Waals surface area (Å²) in [5.41, 5.74) is 0. The SMILES string of the molecule is CCc1ccc(CNS(=O)(=O)c2cc(CNC)oc2C)s1. The second-order valence-electron chi connectivity index (χ2n) is 4.71. The minimum atomic E-state index is -3.55. The van der Waals surface area contributed by atoms with E-state index in [1.807, 2.05) is 12.1 Å². The Morgan fingerprint density at radius 3 is 2.57 bits per heavy atom. The maximum atomic E-state index is 12.3. The average Bonchev–Trinajstić information content (AvgIpc) is 3.04. The van der Waals surface area contributed by atoms with Crippen LogP contribution in [-0.4, -0.2) is 15.5 Å². The van der Waals surface area contributed by atoms with E-state index in [0.717, 1.165) is 11.3 Å². The molecule has 2 aromatic rings. The Bertz CT molecular complexity index is 702. The van der Waals surface area contributed by atoms with Gasteiger partial charge in [0.05, 0.1) is 6.54 Å². The number of sulfonamides is 1. The predicted molar refractivity (Wildman–Crippen MR) is 83.9 cm³/mol. The molecule has 0 saturated heterocycles. The summed E-state index contributed by atoms with van der Waals surface area (Å²) in [7, 11) is -1.76. The lowest BCUT2D eigenvalue weighted by Crippen LogP contribution is -2.23. The van der Waals surface area contributed by atoms with E-state index in [0.29, 0.717) is 24.6 Å². The van der Waals surface area contributed by atoms with Gasteiger partial charge in [-0.1, -0.05) is 6.92 Å². The van der Waals surface area contributed by atoms with Gasteiger partial charge in [0.15, 0.2) is 0 Å². The molecule has 2 rings (SSSR count). The van der Waals surface area contributed by atoms with Crippen molar-refractivity contribution in [2.75, 3.05) is 7.05 Å². The minimum absolute atomic E-state index is 0.208. The van der Waals surface area contributed by atoms with E-state index < -0.39 is 10.0 Å². The van der Waals surface area contributed by atoms with E-state index in [1.54, 1.807) is 31.4 Å². The molecule has 2 N–H and O–H groups in total. The summed E-state index contributed by atoms with van der Waals surface area (Å²) < 4.78 is 32.7. The fourth-order valence-electron chi connectivity index (χ4n) is 2.00. The van der Waals surface area contributed by atoms with Crippen molar-refractivity contribution in [3.63, 3.8) is 0 Å². The van der Waals surface area contributed by atoms with Gasteiger partial charge in [-0.25, -0.2) is 13.1 Å². The van der Waals surface area contributed by atoms with Crippen LogP contribution >= 0.6 is 11.3 Å². The Hall–Kier alpha value is -1.15. The van der Waals surface area contributed by atoms with Gasteiger partial charge in [-0.15, -0.1) is 11.3 Å². The van der Waals surface area contributed by atoms with Crippen molar-refractivity contribution in [2.24, 2.45) is 0 Å². The first kappa shape index (κ1) is 16.2. The molecule has 0 radical (unpaired) electrons. The summed E-state index contributed by atoms with van der Waals surface area (Å²) >= 11 is 1.63. The van der Waals surface area contributed by atoms with Crippen LogP contribution in [0.15, 0.2) is 27.5 Å². The van der Waals surface area contributed by atoms with Gasteiger partial charge in [0.2, 0.25) is 10.0 Å². The molecule has 2 heterocycles. The largest absolute Gasteiger partial charge is 0.464 e. The van der Waals surface area contributed by atoms with E-state index >= 15 is 0 Å². The molecule has 21 heavy (non-hydrogen) atoms. The van der Waals surface area contributed by atoms with Gasteiger partial charge >= 0.3 is 0 Å². The molecule has 0 amide bonds. The zero-order valence-corrected chi connectivity index (χ0v) is 14.0. The molecule has 0 spiro atoms. The van der Waals surface area contributed by atoms with Gasteiger partial charge in [-0.3, -0.25) is 0 Å². The quantitative estimate of drug-likeness (QED) is 0.819. The highest BCUT2D eigenvalue weighted by Crippen LogP contribution is 2.21. The van der Waals surface area contributed by atoms with E-state index in [1.165, 1.54) is 4.88 Å². The lowest BCUT2D eigenvalue weighted by molar-refractivity contribution is 0.465. The molecule has 0 atom stereocenters. The summed E-state index contributed by atoms with van der Waals surface area (Å²) in [4.78, 5) is 2.46. The van der Waals surface area contributed by atoms with Gasteiger partial charge in [-0.05, 0) is 32.5 Å². The van der Waals surface area contributed by atoms with Gasteiger partial charge in [0.25, 0.3) is 0 Å². The van der Waals surface area contributed by atoms with Crippen LogP contribution in [0.5, 0.6) is 0 Å². The summed E-state index contributed by atoms with van der Waals surface area (Å²) in [5, 5.41) is 2.94. The maximum absolute atomic E-state index is 12.3. The molecular formula is C14H20N2O3S2. The standard InChI is InChI=1S/C14H20N2O3S2/c1-4-12-5-6-13(20-12)9-16-21(17,18)14-7-11(8-15-3)19-10(14)2/h5-7,15-16H,4,8-9H2,1-3H3. The minimum Gasteiger partial charge on any atom is -0.464 e. The van der Waals surface area contributed by atoms with Gasteiger partial charge in [-0.2, -0.15) is 0 Å². The number of nitrogens with one attached hydrogen (secondary N) is 2. The molecule has 0 aliphatic rings. The zero-order chi connectivity index (χ0) is 15.5. The zero-order valence-electron chi connectivity index (χ0n) is 12.4. The molecule has 0 aliphatic carbocycles. The third kappa shape index (κ3) is 3.94. The van der Waals surface area contributed by atoms with Crippen LogP contribution < -0.4 is 10.0 Å². The fraction of sp³-hybridized carbons (Fsp3) is 0.429. The van der Waals surface area contributed by atoms with Crippen LogP contribution in [0.1, 0.15) is 28.2 Å². The normalized spacial score (nSPS) is 12.0. The highest BCUT2D eigenvalue weighted by molar-refractivity contribution is 7.89. The van der Waals surface area contributed by atoms with Gasteiger partial charge in [0, 0.05) is 22.4 Å². The van der Waals surface area contributed by atoms with Gasteiger partial charge in [0.1, 0.15) is 16.4 Å². The molecule has 0 aliphatic heterocycles. The van der Waals surface area contributed by atoms with Crippen molar-refractivity contribution in [2.45, 2.75) is 38.3 Å². The van der Waals surface area contributed by atoms with E-state index in [9.17, 15) is 8.42 Å². The first-order valence-corrected chi connectivity index (χ1v) is 9.07. The number of thiophene rings is 1. The molecule has 0 aromatic carbocycles. The summed E-state index contributed by atoms with van der Waals surface area (Å²) in [5.74, 6) is 1.02. The smallest absolute Gasteiger partial charge is 0.244 e. The van der Waals surface area contributed by atoms with Crippen LogP contribution in [0.4, 0.5) is 0 Å². The van der Waals surface area contributed by atoms with Crippen LogP contribution in [0.25, 0.3) is 0 Å². The Labute approximate surface area is 129 Å². The third-order valence-corrected chi connectivity index (χ3v) is 5.80. The predicted octanol–water partition coefficient (Wildman–Crippen LogP) is 2.41.